The van der Waals surface area contributed by atoms with Crippen LogP contribution >= 0.6 is 0 Å². The molecule has 78 valence electrons. The maximum Gasteiger partial charge on any atom is 0.251 e. The van der Waals surface area contributed by atoms with E-state index in [1.165, 1.54) is 0 Å². The summed E-state index contributed by atoms with van der Waals surface area (Å²) in [5, 5.41) is 14.6. The summed E-state index contributed by atoms with van der Waals surface area (Å²) in [4.78, 5) is 15.2. The smallest absolute Gasteiger partial charge is 0.251 e. The first kappa shape index (κ1) is 9.51. The number of phenols is 1. The van der Waals surface area contributed by atoms with E-state index >= 15 is 0 Å². The molecule has 0 unspecified atom stereocenters. The van der Waals surface area contributed by atoms with Crippen molar-refractivity contribution in [1.82, 2.24) is 5.32 Å². The highest BCUT2D eigenvalue weighted by atomic mass is 16.3. The predicted octanol–water partition coefficient (Wildman–Crippen LogP) is 0.678. The second-order valence-corrected chi connectivity index (χ2v) is 3.31. The van der Waals surface area contributed by atoms with E-state index in [0.29, 0.717) is 5.96 Å². The van der Waals surface area contributed by atoms with Crippen molar-refractivity contribution in [2.45, 2.75) is 13.0 Å². The van der Waals surface area contributed by atoms with E-state index in [4.69, 9.17) is 5.11 Å². The SMILES string of the molecule is C[C@@H]1N=C(Nc2ccc(O)cc2)NC1=O. The molecule has 0 spiro atoms. The van der Waals surface area contributed by atoms with Crippen molar-refractivity contribution >= 4 is 17.6 Å². The Morgan fingerprint density at radius 3 is 2.60 bits per heavy atom. The number of amides is 1. The third kappa shape index (κ3) is 2.07. The third-order valence-corrected chi connectivity index (χ3v) is 2.07. The van der Waals surface area contributed by atoms with Crippen LogP contribution in [0.2, 0.25) is 0 Å². The van der Waals surface area contributed by atoms with Gasteiger partial charge in [0.05, 0.1) is 0 Å². The molecule has 5 heteroatoms. The molecule has 1 heterocycles. The van der Waals surface area contributed by atoms with Crippen LogP contribution < -0.4 is 10.6 Å². The number of carbonyl (C=O) groups is 1. The summed E-state index contributed by atoms with van der Waals surface area (Å²) in [6.07, 6.45) is 0. The average Bonchev–Trinajstić information content (AvgIpc) is 2.50. The molecule has 0 bridgehead atoms. The second-order valence-electron chi connectivity index (χ2n) is 3.31. The molecular weight excluding hydrogens is 194 g/mol. The fourth-order valence-corrected chi connectivity index (χ4v) is 1.25. The van der Waals surface area contributed by atoms with Gasteiger partial charge in [0.2, 0.25) is 5.96 Å². The summed E-state index contributed by atoms with van der Waals surface area (Å²) in [5.74, 6) is 0.529. The Morgan fingerprint density at radius 1 is 1.40 bits per heavy atom. The van der Waals surface area contributed by atoms with E-state index in [2.05, 4.69) is 15.6 Å². The zero-order chi connectivity index (χ0) is 10.8. The van der Waals surface area contributed by atoms with Gasteiger partial charge in [-0.3, -0.25) is 10.1 Å². The Balaban J connectivity index is 2.07. The van der Waals surface area contributed by atoms with Gasteiger partial charge >= 0.3 is 0 Å². The minimum Gasteiger partial charge on any atom is -0.508 e. The topological polar surface area (TPSA) is 73.7 Å². The van der Waals surface area contributed by atoms with Crippen molar-refractivity contribution in [3.8, 4) is 5.75 Å². The Kier molecular flexibility index (Phi) is 2.29. The molecule has 1 aliphatic rings. The summed E-state index contributed by atoms with van der Waals surface area (Å²) in [7, 11) is 0. The van der Waals surface area contributed by atoms with Gasteiger partial charge in [-0.1, -0.05) is 0 Å². The quantitative estimate of drug-likeness (QED) is 0.590. The molecule has 0 saturated heterocycles. The van der Waals surface area contributed by atoms with Gasteiger partial charge in [-0.15, -0.1) is 0 Å². The monoisotopic (exact) mass is 205 g/mol. The number of guanidine groups is 1. The minimum atomic E-state index is -0.343. The molecule has 1 aromatic rings. The highest BCUT2D eigenvalue weighted by molar-refractivity contribution is 6.10. The van der Waals surface area contributed by atoms with Crippen LogP contribution in [0.4, 0.5) is 5.69 Å². The number of aliphatic imine (C=N–C) groups is 1. The summed E-state index contributed by atoms with van der Waals surface area (Å²) in [6, 6.07) is 6.18. The molecule has 2 rings (SSSR count). The van der Waals surface area contributed by atoms with Crippen LogP contribution in [-0.2, 0) is 4.79 Å². The fraction of sp³-hybridized carbons (Fsp3) is 0.200. The number of rotatable bonds is 1. The lowest BCUT2D eigenvalue weighted by molar-refractivity contribution is -0.119. The number of benzene rings is 1. The van der Waals surface area contributed by atoms with Crippen LogP contribution in [0.1, 0.15) is 6.92 Å². The minimum absolute atomic E-state index is 0.115. The van der Waals surface area contributed by atoms with Crippen LogP contribution in [0.25, 0.3) is 0 Å². The molecule has 1 atom stereocenters. The highest BCUT2D eigenvalue weighted by Crippen LogP contribution is 2.14. The van der Waals surface area contributed by atoms with E-state index < -0.39 is 0 Å². The number of nitrogens with zero attached hydrogens (tertiary/aromatic N) is 1. The largest absolute Gasteiger partial charge is 0.508 e. The van der Waals surface area contributed by atoms with Gasteiger partial charge in [0.1, 0.15) is 11.8 Å². The Hall–Kier alpha value is -2.04. The predicted molar refractivity (Wildman–Crippen MR) is 56.8 cm³/mol. The molecule has 0 radical (unpaired) electrons. The Morgan fingerprint density at radius 2 is 2.07 bits per heavy atom. The molecule has 0 fully saturated rings. The Labute approximate surface area is 86.8 Å². The van der Waals surface area contributed by atoms with Crippen LogP contribution in [0, 0.1) is 0 Å². The van der Waals surface area contributed by atoms with Gasteiger partial charge in [-0.25, -0.2) is 4.99 Å². The molecule has 1 aliphatic heterocycles. The van der Waals surface area contributed by atoms with Gasteiger partial charge in [-0.2, -0.15) is 0 Å². The van der Waals surface area contributed by atoms with Crippen molar-refractivity contribution in [3.63, 3.8) is 0 Å². The standard InChI is InChI=1S/C10H11N3O2/c1-6-9(15)13-10(11-6)12-7-2-4-8(14)5-3-7/h2-6,14H,1H3,(H2,11,12,13,15)/t6-/m0/s1. The maximum absolute atomic E-state index is 11.1. The molecule has 0 saturated carbocycles. The number of phenolic OH excluding ortho intramolecular Hbond substituents is 1. The molecule has 0 aromatic heterocycles. The average molecular weight is 205 g/mol. The molecule has 1 amide bonds. The molecule has 1 aromatic carbocycles. The highest BCUT2D eigenvalue weighted by Gasteiger charge is 2.21. The van der Waals surface area contributed by atoms with E-state index in [-0.39, 0.29) is 17.7 Å². The molecule has 3 N–H and O–H groups in total. The number of hydrogen-bond acceptors (Lipinski definition) is 4. The lowest BCUT2D eigenvalue weighted by Gasteiger charge is -2.04. The molecule has 0 aliphatic carbocycles. The van der Waals surface area contributed by atoms with Crippen molar-refractivity contribution in [2.75, 3.05) is 5.32 Å². The summed E-state index contributed by atoms with van der Waals surface area (Å²) in [5.41, 5.74) is 0.765. The molecule has 15 heavy (non-hydrogen) atoms. The van der Waals surface area contributed by atoms with E-state index in [1.54, 1.807) is 31.2 Å². The maximum atomic E-state index is 11.1. The van der Waals surface area contributed by atoms with E-state index in [1.807, 2.05) is 0 Å². The van der Waals surface area contributed by atoms with Gasteiger partial charge in [0, 0.05) is 5.69 Å². The fourth-order valence-electron chi connectivity index (χ4n) is 1.25. The Bertz CT molecular complexity index is 411. The summed E-state index contributed by atoms with van der Waals surface area (Å²) in [6.45, 7) is 1.72. The third-order valence-electron chi connectivity index (χ3n) is 2.07. The van der Waals surface area contributed by atoms with Crippen molar-refractivity contribution < 1.29 is 9.90 Å². The van der Waals surface area contributed by atoms with Crippen molar-refractivity contribution in [2.24, 2.45) is 4.99 Å². The molecule has 5 nitrogen and oxygen atoms in total. The second kappa shape index (κ2) is 3.61. The van der Waals surface area contributed by atoms with Gasteiger partial charge in [0.25, 0.3) is 5.91 Å². The van der Waals surface area contributed by atoms with Gasteiger partial charge in [0.15, 0.2) is 0 Å². The van der Waals surface area contributed by atoms with Crippen LogP contribution in [0.3, 0.4) is 0 Å². The van der Waals surface area contributed by atoms with E-state index in [0.717, 1.165) is 5.69 Å². The zero-order valence-corrected chi connectivity index (χ0v) is 8.19. The lowest BCUT2D eigenvalue weighted by Crippen LogP contribution is -2.31. The number of nitrogens with one attached hydrogen (secondary N) is 2. The van der Waals surface area contributed by atoms with Crippen molar-refractivity contribution in [1.29, 1.82) is 0 Å². The van der Waals surface area contributed by atoms with Crippen molar-refractivity contribution in [3.05, 3.63) is 24.3 Å². The first-order valence-electron chi connectivity index (χ1n) is 4.60. The summed E-state index contributed by atoms with van der Waals surface area (Å²) < 4.78 is 0. The number of anilines is 1. The van der Waals surface area contributed by atoms with Crippen LogP contribution in [-0.4, -0.2) is 23.0 Å². The summed E-state index contributed by atoms with van der Waals surface area (Å²) >= 11 is 0. The van der Waals surface area contributed by atoms with Crippen LogP contribution in [0.5, 0.6) is 5.75 Å². The zero-order valence-electron chi connectivity index (χ0n) is 8.19. The van der Waals surface area contributed by atoms with Gasteiger partial charge < -0.3 is 10.4 Å². The van der Waals surface area contributed by atoms with Gasteiger partial charge in [-0.05, 0) is 31.2 Å². The van der Waals surface area contributed by atoms with E-state index in [9.17, 15) is 4.79 Å². The first-order chi connectivity index (χ1) is 7.15. The first-order valence-corrected chi connectivity index (χ1v) is 4.60. The number of carbonyl (C=O) groups excluding carboxylic acids is 1. The normalized spacial score (nSPS) is 19.7. The lowest BCUT2D eigenvalue weighted by atomic mass is 10.3. The van der Waals surface area contributed by atoms with Crippen LogP contribution in [0.15, 0.2) is 29.3 Å². The number of hydrogen-bond donors (Lipinski definition) is 3. The molecular formula is C10H11N3O2. The number of aromatic hydroxyl groups is 1.